The molecular formula is C20H15Cl3F2N4O3. The van der Waals surface area contributed by atoms with Gasteiger partial charge in [0.1, 0.15) is 18.1 Å². The molecule has 12 heteroatoms. The molecule has 4 aromatic rings. The summed E-state index contributed by atoms with van der Waals surface area (Å²) >= 11 is 18.7. The van der Waals surface area contributed by atoms with Crippen LogP contribution in [0.15, 0.2) is 35.0 Å². The van der Waals surface area contributed by atoms with Crippen LogP contribution in [0.4, 0.5) is 8.78 Å². The highest BCUT2D eigenvalue weighted by Crippen LogP contribution is 2.37. The van der Waals surface area contributed by atoms with Gasteiger partial charge in [0.15, 0.2) is 5.65 Å². The Hall–Kier alpha value is -2.46. The number of aliphatic hydroxyl groups excluding tert-OH is 1. The molecule has 0 radical (unpaired) electrons. The number of benzene rings is 1. The molecule has 0 aliphatic heterocycles. The maximum Gasteiger partial charge on any atom is 0.271 e. The summed E-state index contributed by atoms with van der Waals surface area (Å²) in [5, 5.41) is 17.8. The summed E-state index contributed by atoms with van der Waals surface area (Å²) in [6.45, 7) is 2.40. The van der Waals surface area contributed by atoms with Crippen LogP contribution in [0.1, 0.15) is 19.4 Å². The fourth-order valence-corrected chi connectivity index (χ4v) is 3.56. The van der Waals surface area contributed by atoms with Gasteiger partial charge >= 0.3 is 0 Å². The number of aromatic nitrogens is 4. The van der Waals surface area contributed by atoms with Gasteiger partial charge in [-0.05, 0) is 19.1 Å². The van der Waals surface area contributed by atoms with Gasteiger partial charge in [0.05, 0.1) is 26.7 Å². The average Bonchev–Trinajstić information content (AvgIpc) is 3.34. The lowest BCUT2D eigenvalue weighted by Gasteiger charge is -2.11. The van der Waals surface area contributed by atoms with Crippen LogP contribution in [0.25, 0.3) is 28.7 Å². The Kier molecular flexibility index (Phi) is 6.02. The third-order valence-electron chi connectivity index (χ3n) is 4.39. The van der Waals surface area contributed by atoms with Crippen molar-refractivity contribution in [3.05, 3.63) is 51.2 Å². The summed E-state index contributed by atoms with van der Waals surface area (Å²) in [5.74, 6) is -2.68. The van der Waals surface area contributed by atoms with Crippen molar-refractivity contribution < 1.29 is 23.0 Å². The number of alkyl halides is 2. The van der Waals surface area contributed by atoms with Gasteiger partial charge in [-0.3, -0.25) is 0 Å². The van der Waals surface area contributed by atoms with Gasteiger partial charge in [-0.25, -0.2) is 13.8 Å². The normalized spacial score (nSPS) is 13.0. The van der Waals surface area contributed by atoms with Crippen molar-refractivity contribution in [2.75, 3.05) is 6.61 Å². The molecule has 0 aliphatic carbocycles. The van der Waals surface area contributed by atoms with Crippen LogP contribution in [0.5, 0.6) is 5.75 Å². The molecule has 1 aromatic carbocycles. The zero-order valence-electron chi connectivity index (χ0n) is 16.6. The first kappa shape index (κ1) is 22.7. The molecule has 0 amide bonds. The molecule has 0 fully saturated rings. The Balaban J connectivity index is 1.68. The van der Waals surface area contributed by atoms with Crippen molar-refractivity contribution in [2.45, 2.75) is 25.9 Å². The van der Waals surface area contributed by atoms with Crippen molar-refractivity contribution in [3.63, 3.8) is 0 Å². The third-order valence-corrected chi connectivity index (χ3v) is 5.28. The maximum atomic E-state index is 13.7. The number of hydrogen-bond donors (Lipinski definition) is 1. The highest BCUT2D eigenvalue weighted by Gasteiger charge is 2.26. The van der Waals surface area contributed by atoms with E-state index in [9.17, 15) is 13.9 Å². The van der Waals surface area contributed by atoms with Gasteiger partial charge in [0, 0.05) is 30.9 Å². The van der Waals surface area contributed by atoms with E-state index >= 15 is 0 Å². The number of nitrogens with zero attached hydrogens (tertiary/aromatic N) is 4. The van der Waals surface area contributed by atoms with Crippen LogP contribution in [-0.2, 0) is 5.92 Å². The second kappa shape index (κ2) is 8.47. The summed E-state index contributed by atoms with van der Waals surface area (Å²) in [6, 6.07) is 4.13. The second-order valence-electron chi connectivity index (χ2n) is 7.16. The number of aliphatic hydroxyl groups is 1. The minimum absolute atomic E-state index is 0.0335. The molecule has 168 valence electrons. The maximum absolute atomic E-state index is 13.7. The first-order valence-electron chi connectivity index (χ1n) is 9.23. The monoisotopic (exact) mass is 502 g/mol. The van der Waals surface area contributed by atoms with E-state index in [2.05, 4.69) is 15.2 Å². The average molecular weight is 504 g/mol. The fraction of sp³-hybridized carbons (Fsp3) is 0.250. The molecule has 0 spiro atoms. The van der Waals surface area contributed by atoms with Crippen molar-refractivity contribution in [2.24, 2.45) is 0 Å². The van der Waals surface area contributed by atoms with E-state index in [1.165, 1.54) is 28.9 Å². The van der Waals surface area contributed by atoms with Gasteiger partial charge in [0.2, 0.25) is 5.89 Å². The number of pyridine rings is 1. The third kappa shape index (κ3) is 4.52. The summed E-state index contributed by atoms with van der Waals surface area (Å²) in [4.78, 5) is 4.29. The Morgan fingerprint density at radius 1 is 1.09 bits per heavy atom. The minimum atomic E-state index is -3.07. The predicted octanol–water partition coefficient (Wildman–Crippen LogP) is 5.88. The van der Waals surface area contributed by atoms with E-state index in [4.69, 9.17) is 44.0 Å². The van der Waals surface area contributed by atoms with Crippen LogP contribution in [0.2, 0.25) is 15.1 Å². The van der Waals surface area contributed by atoms with Crippen molar-refractivity contribution in [1.29, 1.82) is 0 Å². The van der Waals surface area contributed by atoms with Gasteiger partial charge in [0.25, 0.3) is 11.8 Å². The molecule has 0 saturated heterocycles. The van der Waals surface area contributed by atoms with Crippen LogP contribution in [0.3, 0.4) is 0 Å². The minimum Gasteiger partial charge on any atom is -0.489 e. The molecule has 3 heterocycles. The molecular weight excluding hydrogens is 489 g/mol. The topological polar surface area (TPSA) is 85.7 Å². The fourth-order valence-electron chi connectivity index (χ4n) is 2.85. The molecule has 0 bridgehead atoms. The van der Waals surface area contributed by atoms with Gasteiger partial charge in [-0.1, -0.05) is 34.8 Å². The number of ether oxygens (including phenoxy) is 1. The SMILES string of the molecule is CC(O)COc1cc(Cl)c(-c2nnc(-c3cn4cc(C(C)(F)F)cc(Cl)c4n3)o2)cc1Cl. The summed E-state index contributed by atoms with van der Waals surface area (Å²) in [6.07, 6.45) is 2.01. The summed E-state index contributed by atoms with van der Waals surface area (Å²) < 4.78 is 39.8. The number of rotatable bonds is 6. The second-order valence-corrected chi connectivity index (χ2v) is 8.38. The lowest BCUT2D eigenvalue weighted by Crippen LogP contribution is -2.12. The molecule has 1 N–H and O–H groups in total. The standard InChI is InChI=1S/C20H15Cl3F2N4O3/c1-9(30)8-31-16-5-12(21)11(4-13(16)22)18-27-28-19(32-18)15-7-29-6-10(20(2,24)25)3-14(23)17(29)26-15/h3-7,9,30H,8H2,1-2H3. The van der Waals surface area contributed by atoms with Crippen LogP contribution in [0, 0.1) is 0 Å². The molecule has 1 atom stereocenters. The van der Waals surface area contributed by atoms with Crippen LogP contribution >= 0.6 is 34.8 Å². The highest BCUT2D eigenvalue weighted by molar-refractivity contribution is 6.36. The van der Waals surface area contributed by atoms with Crippen molar-refractivity contribution in [1.82, 2.24) is 19.6 Å². The van der Waals surface area contributed by atoms with Crippen LogP contribution in [-0.4, -0.2) is 37.4 Å². The van der Waals surface area contributed by atoms with E-state index in [0.29, 0.717) is 11.3 Å². The first-order valence-corrected chi connectivity index (χ1v) is 10.4. The van der Waals surface area contributed by atoms with Crippen LogP contribution < -0.4 is 4.74 Å². The summed E-state index contributed by atoms with van der Waals surface area (Å²) in [7, 11) is 0. The van der Waals surface area contributed by atoms with Gasteiger partial charge in [-0.2, -0.15) is 0 Å². The van der Waals surface area contributed by atoms with Gasteiger partial charge < -0.3 is 18.7 Å². The van der Waals surface area contributed by atoms with E-state index < -0.39 is 12.0 Å². The zero-order chi connectivity index (χ0) is 23.2. The zero-order valence-corrected chi connectivity index (χ0v) is 18.9. The van der Waals surface area contributed by atoms with Crippen molar-refractivity contribution in [3.8, 4) is 28.8 Å². The Morgan fingerprint density at radius 2 is 1.81 bits per heavy atom. The number of hydrogen-bond acceptors (Lipinski definition) is 6. The van der Waals surface area contributed by atoms with E-state index in [1.54, 1.807) is 6.92 Å². The first-order chi connectivity index (χ1) is 15.0. The quantitative estimate of drug-likeness (QED) is 0.353. The number of fused-ring (bicyclic) bond motifs is 1. The molecule has 1 unspecified atom stereocenters. The Labute approximate surface area is 195 Å². The Bertz CT molecular complexity index is 1300. The number of halogens is 5. The van der Waals surface area contributed by atoms with E-state index in [0.717, 1.165) is 13.0 Å². The highest BCUT2D eigenvalue weighted by atomic mass is 35.5. The molecule has 3 aromatic heterocycles. The molecule has 7 nitrogen and oxygen atoms in total. The van der Waals surface area contributed by atoms with Gasteiger partial charge in [-0.15, -0.1) is 10.2 Å². The smallest absolute Gasteiger partial charge is 0.271 e. The molecule has 0 saturated carbocycles. The lowest BCUT2D eigenvalue weighted by molar-refractivity contribution is 0.0170. The molecule has 0 aliphatic rings. The van der Waals surface area contributed by atoms with Crippen molar-refractivity contribution >= 4 is 40.4 Å². The lowest BCUT2D eigenvalue weighted by atomic mass is 10.2. The number of imidazole rings is 1. The molecule has 32 heavy (non-hydrogen) atoms. The predicted molar refractivity (Wildman–Crippen MR) is 116 cm³/mol. The largest absolute Gasteiger partial charge is 0.489 e. The Morgan fingerprint density at radius 3 is 2.50 bits per heavy atom. The summed E-state index contributed by atoms with van der Waals surface area (Å²) in [5.41, 5.74) is 0.593. The van der Waals surface area contributed by atoms with E-state index in [-0.39, 0.29) is 50.4 Å². The van der Waals surface area contributed by atoms with E-state index in [1.807, 2.05) is 0 Å². The molecule has 4 rings (SSSR count).